The van der Waals surface area contributed by atoms with Gasteiger partial charge in [-0.1, -0.05) is 23.8 Å². The van der Waals surface area contributed by atoms with Crippen molar-refractivity contribution in [1.29, 1.82) is 0 Å². The van der Waals surface area contributed by atoms with Crippen molar-refractivity contribution < 1.29 is 9.59 Å². The number of hydrogen-bond acceptors (Lipinski definition) is 3. The fourth-order valence-corrected chi connectivity index (χ4v) is 2.97. The van der Waals surface area contributed by atoms with Gasteiger partial charge in [0.25, 0.3) is 5.91 Å². The van der Waals surface area contributed by atoms with Crippen molar-refractivity contribution in [2.75, 3.05) is 17.6 Å². The van der Waals surface area contributed by atoms with E-state index in [2.05, 4.69) is 41.8 Å². The number of aryl methyl sites for hydroxylation is 1. The zero-order valence-corrected chi connectivity index (χ0v) is 14.8. The molecule has 0 fully saturated rings. The minimum atomic E-state index is -0.136. The van der Waals surface area contributed by atoms with Crippen molar-refractivity contribution in [1.82, 2.24) is 5.32 Å². The van der Waals surface area contributed by atoms with Crippen LogP contribution in [0.2, 0.25) is 0 Å². The van der Waals surface area contributed by atoms with E-state index in [4.69, 9.17) is 0 Å². The summed E-state index contributed by atoms with van der Waals surface area (Å²) in [6.07, 6.45) is 0.421. The summed E-state index contributed by atoms with van der Waals surface area (Å²) in [5.74, 6) is 0.524. The van der Waals surface area contributed by atoms with Crippen LogP contribution >= 0.6 is 11.8 Å². The van der Waals surface area contributed by atoms with E-state index in [9.17, 15) is 9.59 Å². The number of nitrogens with one attached hydrogen (secondary N) is 2. The average Bonchev–Trinajstić information content (AvgIpc) is 2.57. The highest BCUT2D eigenvalue weighted by atomic mass is 32.2. The molecular formula is C19H22N2O2S. The van der Waals surface area contributed by atoms with Crippen LogP contribution in [-0.4, -0.2) is 24.1 Å². The Labute approximate surface area is 147 Å². The highest BCUT2D eigenvalue weighted by Crippen LogP contribution is 2.19. The summed E-state index contributed by atoms with van der Waals surface area (Å²) in [6, 6.07) is 15.2. The summed E-state index contributed by atoms with van der Waals surface area (Å²) in [7, 11) is 0. The number of benzene rings is 2. The van der Waals surface area contributed by atoms with E-state index in [-0.39, 0.29) is 11.8 Å². The number of hydrogen-bond donors (Lipinski definition) is 2. The Kier molecular flexibility index (Phi) is 6.88. The van der Waals surface area contributed by atoms with Crippen LogP contribution in [0.4, 0.5) is 5.69 Å². The molecule has 0 aromatic heterocycles. The molecule has 4 nitrogen and oxygen atoms in total. The maximum Gasteiger partial charge on any atom is 0.251 e. The lowest BCUT2D eigenvalue weighted by atomic mass is 10.2. The van der Waals surface area contributed by atoms with E-state index in [0.717, 1.165) is 4.90 Å². The summed E-state index contributed by atoms with van der Waals surface area (Å²) in [5, 5.41) is 5.59. The summed E-state index contributed by atoms with van der Waals surface area (Å²) < 4.78 is 0. The molecule has 2 amide bonds. The normalized spacial score (nSPS) is 10.2. The summed E-state index contributed by atoms with van der Waals surface area (Å²) in [6.45, 7) is 4.50. The smallest absolute Gasteiger partial charge is 0.251 e. The van der Waals surface area contributed by atoms with Gasteiger partial charge >= 0.3 is 0 Å². The molecule has 0 aliphatic carbocycles. The Bertz CT molecular complexity index is 699. The van der Waals surface area contributed by atoms with Crippen LogP contribution in [0.1, 0.15) is 29.3 Å². The van der Waals surface area contributed by atoms with Crippen LogP contribution in [0.25, 0.3) is 0 Å². The molecule has 0 unspecified atom stereocenters. The topological polar surface area (TPSA) is 58.2 Å². The Hall–Kier alpha value is -2.27. The molecule has 24 heavy (non-hydrogen) atoms. The van der Waals surface area contributed by atoms with Gasteiger partial charge in [0.15, 0.2) is 0 Å². The van der Waals surface area contributed by atoms with E-state index < -0.39 is 0 Å². The highest BCUT2D eigenvalue weighted by molar-refractivity contribution is 7.99. The van der Waals surface area contributed by atoms with Crippen LogP contribution in [0.5, 0.6) is 0 Å². The lowest BCUT2D eigenvalue weighted by Gasteiger charge is -2.08. The first-order chi connectivity index (χ1) is 11.6. The molecular weight excluding hydrogens is 320 g/mol. The predicted molar refractivity (Wildman–Crippen MR) is 99.6 cm³/mol. The van der Waals surface area contributed by atoms with Crippen molar-refractivity contribution in [3.05, 3.63) is 59.7 Å². The van der Waals surface area contributed by atoms with Gasteiger partial charge in [-0.05, 0) is 44.2 Å². The fourth-order valence-electron chi connectivity index (χ4n) is 2.12. The molecule has 2 aromatic carbocycles. The molecule has 5 heteroatoms. The van der Waals surface area contributed by atoms with Gasteiger partial charge < -0.3 is 10.6 Å². The Balaban J connectivity index is 1.82. The lowest BCUT2D eigenvalue weighted by Crippen LogP contribution is -2.22. The van der Waals surface area contributed by atoms with Gasteiger partial charge in [0.2, 0.25) is 5.91 Å². The summed E-state index contributed by atoms with van der Waals surface area (Å²) in [4.78, 5) is 25.0. The third-order valence-corrected chi connectivity index (χ3v) is 4.38. The first-order valence-electron chi connectivity index (χ1n) is 7.96. The molecule has 2 aromatic rings. The molecule has 126 valence electrons. The second-order valence-corrected chi connectivity index (χ2v) is 6.57. The molecule has 2 rings (SSSR count). The minimum absolute atomic E-state index is 0.0531. The fraction of sp³-hybridized carbons (Fsp3) is 0.263. The van der Waals surface area contributed by atoms with Crippen molar-refractivity contribution in [3.63, 3.8) is 0 Å². The lowest BCUT2D eigenvalue weighted by molar-refractivity contribution is -0.115. The number of thioether (sulfide) groups is 1. The van der Waals surface area contributed by atoms with Crippen LogP contribution < -0.4 is 10.6 Å². The number of carbonyl (C=O) groups excluding carboxylic acids is 2. The SMILES string of the molecule is CCNC(=O)c1cccc(NC(=O)CCSc2ccc(C)cc2)c1. The van der Waals surface area contributed by atoms with Crippen molar-refractivity contribution in [3.8, 4) is 0 Å². The number of anilines is 1. The van der Waals surface area contributed by atoms with Gasteiger partial charge in [-0.3, -0.25) is 9.59 Å². The molecule has 0 spiro atoms. The predicted octanol–water partition coefficient (Wildman–Crippen LogP) is 3.87. The number of rotatable bonds is 7. The second kappa shape index (κ2) is 9.13. The van der Waals surface area contributed by atoms with Gasteiger partial charge in [-0.25, -0.2) is 0 Å². The zero-order chi connectivity index (χ0) is 17.4. The van der Waals surface area contributed by atoms with E-state index >= 15 is 0 Å². The zero-order valence-electron chi connectivity index (χ0n) is 14.0. The van der Waals surface area contributed by atoms with E-state index in [1.807, 2.05) is 6.92 Å². The molecule has 0 aliphatic heterocycles. The molecule has 0 saturated heterocycles. The third-order valence-electron chi connectivity index (χ3n) is 3.36. The first kappa shape index (κ1) is 18.1. The quantitative estimate of drug-likeness (QED) is 0.751. The Morgan fingerprint density at radius 3 is 2.54 bits per heavy atom. The number of amides is 2. The van der Waals surface area contributed by atoms with Gasteiger partial charge in [0, 0.05) is 34.9 Å². The molecule has 0 atom stereocenters. The van der Waals surface area contributed by atoms with Gasteiger partial charge in [0.05, 0.1) is 0 Å². The molecule has 0 radical (unpaired) electrons. The molecule has 0 bridgehead atoms. The van der Waals surface area contributed by atoms with Crippen LogP contribution in [0.15, 0.2) is 53.4 Å². The first-order valence-corrected chi connectivity index (χ1v) is 8.94. The minimum Gasteiger partial charge on any atom is -0.352 e. The molecule has 2 N–H and O–H groups in total. The summed E-state index contributed by atoms with van der Waals surface area (Å²) in [5.41, 5.74) is 2.41. The van der Waals surface area contributed by atoms with E-state index in [1.54, 1.807) is 36.0 Å². The maximum atomic E-state index is 12.0. The van der Waals surface area contributed by atoms with Crippen LogP contribution in [0.3, 0.4) is 0 Å². The van der Waals surface area contributed by atoms with Crippen molar-refractivity contribution >= 4 is 29.3 Å². The van der Waals surface area contributed by atoms with Gasteiger partial charge in [-0.2, -0.15) is 0 Å². The second-order valence-electron chi connectivity index (χ2n) is 5.40. The highest BCUT2D eigenvalue weighted by Gasteiger charge is 2.07. The molecule has 0 heterocycles. The Morgan fingerprint density at radius 2 is 1.83 bits per heavy atom. The monoisotopic (exact) mass is 342 g/mol. The third kappa shape index (κ3) is 5.74. The van der Waals surface area contributed by atoms with Gasteiger partial charge in [-0.15, -0.1) is 11.8 Å². The van der Waals surface area contributed by atoms with Crippen molar-refractivity contribution in [2.24, 2.45) is 0 Å². The maximum absolute atomic E-state index is 12.0. The Morgan fingerprint density at radius 1 is 1.08 bits per heavy atom. The number of carbonyl (C=O) groups is 2. The van der Waals surface area contributed by atoms with Gasteiger partial charge in [0.1, 0.15) is 0 Å². The van der Waals surface area contributed by atoms with E-state index in [1.165, 1.54) is 5.56 Å². The van der Waals surface area contributed by atoms with Crippen LogP contribution in [-0.2, 0) is 4.79 Å². The summed E-state index contributed by atoms with van der Waals surface area (Å²) >= 11 is 1.66. The molecule has 0 saturated carbocycles. The van der Waals surface area contributed by atoms with Crippen LogP contribution in [0, 0.1) is 6.92 Å². The molecule has 0 aliphatic rings. The van der Waals surface area contributed by atoms with Crippen molar-refractivity contribution in [2.45, 2.75) is 25.2 Å². The largest absolute Gasteiger partial charge is 0.352 e. The average molecular weight is 342 g/mol. The van der Waals surface area contributed by atoms with E-state index in [0.29, 0.717) is 30.0 Å². The standard InChI is InChI=1S/C19H22N2O2S/c1-3-20-19(23)15-5-4-6-16(13-15)21-18(22)11-12-24-17-9-7-14(2)8-10-17/h4-10,13H,3,11-12H2,1-2H3,(H,20,23)(H,21,22).